The summed E-state index contributed by atoms with van der Waals surface area (Å²) >= 11 is 0. The topological polar surface area (TPSA) is 168 Å². The summed E-state index contributed by atoms with van der Waals surface area (Å²) in [5, 5.41) is 42.7. The lowest BCUT2D eigenvalue weighted by atomic mass is 9.98. The van der Waals surface area contributed by atoms with Crippen molar-refractivity contribution in [2.24, 2.45) is 0 Å². The quantitative estimate of drug-likeness (QED) is 0.0230. The minimum atomic E-state index is -1.32. The third kappa shape index (κ3) is 13.7. The van der Waals surface area contributed by atoms with Gasteiger partial charge in [0.1, 0.15) is 28.8 Å². The Kier molecular flexibility index (Phi) is 15.4. The second kappa shape index (κ2) is 19.5. The van der Waals surface area contributed by atoms with Gasteiger partial charge in [-0.3, -0.25) is 14.9 Å². The summed E-state index contributed by atoms with van der Waals surface area (Å²) in [7, 11) is 0. The third-order valence-electron chi connectivity index (χ3n) is 7.88. The van der Waals surface area contributed by atoms with Gasteiger partial charge >= 0.3 is 0 Å². The molecular weight excluding hydrogens is 651 g/mol. The number of hydrogen-bond acceptors (Lipinski definition) is 8. The lowest BCUT2D eigenvalue weighted by Gasteiger charge is -2.26. The zero-order valence-corrected chi connectivity index (χ0v) is 29.5. The summed E-state index contributed by atoms with van der Waals surface area (Å²) in [6, 6.07) is 13.8. The molecule has 0 radical (unpaired) electrons. The van der Waals surface area contributed by atoms with Crippen molar-refractivity contribution in [3.8, 4) is 5.75 Å². The van der Waals surface area contributed by atoms with Crippen LogP contribution in [0.2, 0.25) is 0 Å². The van der Waals surface area contributed by atoms with Crippen molar-refractivity contribution in [2.75, 3.05) is 13.2 Å². The molecule has 1 heterocycles. The highest BCUT2D eigenvalue weighted by Crippen LogP contribution is 2.26. The van der Waals surface area contributed by atoms with E-state index in [2.05, 4.69) is 28.8 Å². The van der Waals surface area contributed by atoms with Crippen LogP contribution < -0.4 is 15.4 Å². The van der Waals surface area contributed by atoms with Gasteiger partial charge < -0.3 is 35.8 Å². The number of aromatic amines is 1. The van der Waals surface area contributed by atoms with Gasteiger partial charge in [-0.1, -0.05) is 49.1 Å². The number of Topliss-reactive ketones (excluding diaryl/α,β-unsaturated/α-hetero) is 1. The summed E-state index contributed by atoms with van der Waals surface area (Å²) in [6.45, 7) is 13.6. The molecule has 2 aromatic carbocycles. The van der Waals surface area contributed by atoms with Gasteiger partial charge in [0.15, 0.2) is 0 Å². The number of hydrogen-bond donors (Lipinski definition) is 7. The highest BCUT2D eigenvalue weighted by molar-refractivity contribution is 6.00. The Morgan fingerprint density at radius 2 is 1.86 bits per heavy atom. The fourth-order valence-corrected chi connectivity index (χ4v) is 5.17. The van der Waals surface area contributed by atoms with E-state index in [4.69, 9.17) is 15.3 Å². The number of aliphatic hydroxyl groups excluding tert-OH is 2. The predicted molar refractivity (Wildman–Crippen MR) is 199 cm³/mol. The molecule has 2 atom stereocenters. The van der Waals surface area contributed by atoms with E-state index in [1.54, 1.807) is 55.6 Å². The molecule has 51 heavy (non-hydrogen) atoms. The summed E-state index contributed by atoms with van der Waals surface area (Å²) < 4.78 is 20.3. The first-order valence-electron chi connectivity index (χ1n) is 16.7. The number of allylic oxidation sites excluding steroid dienone is 4. The Hall–Kier alpha value is -4.94. The maximum atomic E-state index is 14.2. The number of aryl methyl sites for hydroxylation is 1. The maximum absolute atomic E-state index is 14.2. The van der Waals surface area contributed by atoms with Gasteiger partial charge in [-0.05, 0) is 80.3 Å². The molecular formula is C40H49FN4O6. The third-order valence-corrected chi connectivity index (χ3v) is 7.88. The van der Waals surface area contributed by atoms with E-state index < -0.39 is 18.4 Å². The highest BCUT2D eigenvalue weighted by atomic mass is 19.1. The molecule has 10 nitrogen and oxygen atoms in total. The first-order valence-corrected chi connectivity index (χ1v) is 16.7. The van der Waals surface area contributed by atoms with E-state index in [1.165, 1.54) is 6.07 Å². The van der Waals surface area contributed by atoms with Crippen molar-refractivity contribution in [1.82, 2.24) is 15.6 Å². The van der Waals surface area contributed by atoms with E-state index in [1.807, 2.05) is 32.1 Å². The smallest absolute Gasteiger partial charge is 0.252 e. The summed E-state index contributed by atoms with van der Waals surface area (Å²) in [5.74, 6) is 0.258. The number of halogens is 1. The first kappa shape index (κ1) is 40.5. The Bertz CT molecular complexity index is 1760. The van der Waals surface area contributed by atoms with E-state index in [0.29, 0.717) is 45.9 Å². The Balaban J connectivity index is 1.51. The fourth-order valence-electron chi connectivity index (χ4n) is 5.17. The van der Waals surface area contributed by atoms with E-state index in [0.717, 1.165) is 11.1 Å². The molecule has 1 amide bonds. The fraction of sp³-hybridized carbons (Fsp3) is 0.325. The van der Waals surface area contributed by atoms with Crippen LogP contribution in [0.5, 0.6) is 5.75 Å². The summed E-state index contributed by atoms with van der Waals surface area (Å²) in [5.41, 5.74) is 3.24. The van der Waals surface area contributed by atoms with Gasteiger partial charge in [0.25, 0.3) is 5.91 Å². The molecule has 0 bridgehead atoms. The van der Waals surface area contributed by atoms with Crippen LogP contribution in [0.25, 0.3) is 11.1 Å². The zero-order valence-electron chi connectivity index (χ0n) is 29.5. The molecule has 1 aromatic heterocycles. The van der Waals surface area contributed by atoms with Crippen molar-refractivity contribution in [2.45, 2.75) is 71.2 Å². The van der Waals surface area contributed by atoms with Crippen molar-refractivity contribution < 1.29 is 34.0 Å². The van der Waals surface area contributed by atoms with Crippen LogP contribution in [0.15, 0.2) is 91.9 Å². The van der Waals surface area contributed by atoms with Gasteiger partial charge in [0, 0.05) is 61.9 Å². The standard InChI is InChI=1S/C40H49FN4O6/c1-6-8-36(18-27(3)38-19-31(23-44-38)39(49)43-16-7-9-33(47)20-32(42)21-34(48)25-46)51-35-13-11-29(12-14-35)28(4)22-40(5,50)45-24-30-17-26(2)10-15-37(30)41/h6,8,10-15,17-19,23,34,42,44-46,48,50H,3-4,7,9,16,20-22,24-25H2,1-2,5H3,(H,43,49)/b8-6-,36-18+,42-32?. The SMILES string of the molecule is C=C(CC(C)(O)NCc1cc(C)ccc1F)c1ccc(OC(/C=C\C)=C/C(=C)c2cc(C(=O)NCCCC(=O)CC(=N)CC(O)CO)c[nH]2)cc1. The molecule has 11 heteroatoms. The largest absolute Gasteiger partial charge is 0.457 e. The van der Waals surface area contributed by atoms with Gasteiger partial charge in [0.05, 0.1) is 18.3 Å². The Morgan fingerprint density at radius 1 is 1.14 bits per heavy atom. The first-order chi connectivity index (χ1) is 24.2. The van der Waals surface area contributed by atoms with Gasteiger partial charge in [-0.15, -0.1) is 0 Å². The Morgan fingerprint density at radius 3 is 2.55 bits per heavy atom. The normalized spacial score (nSPS) is 13.4. The second-order valence-corrected chi connectivity index (χ2v) is 12.7. The lowest BCUT2D eigenvalue weighted by molar-refractivity contribution is -0.118. The average molecular weight is 701 g/mol. The number of H-pyrrole nitrogens is 1. The lowest BCUT2D eigenvalue weighted by Crippen LogP contribution is -2.41. The summed E-state index contributed by atoms with van der Waals surface area (Å²) in [6.07, 6.45) is 6.53. The van der Waals surface area contributed by atoms with E-state index >= 15 is 0 Å². The van der Waals surface area contributed by atoms with Crippen molar-refractivity contribution in [1.29, 1.82) is 5.41 Å². The number of carbonyl (C=O) groups excluding carboxylic acids is 2. The predicted octanol–water partition coefficient (Wildman–Crippen LogP) is 6.15. The molecule has 7 N–H and O–H groups in total. The van der Waals surface area contributed by atoms with Crippen molar-refractivity contribution in [3.05, 3.63) is 126 Å². The molecule has 3 aromatic rings. The zero-order chi connectivity index (χ0) is 37.6. The molecule has 0 fully saturated rings. The van der Waals surface area contributed by atoms with Crippen LogP contribution in [-0.2, 0) is 11.3 Å². The van der Waals surface area contributed by atoms with Crippen LogP contribution >= 0.6 is 0 Å². The minimum Gasteiger partial charge on any atom is -0.457 e. The van der Waals surface area contributed by atoms with Gasteiger partial charge in [-0.25, -0.2) is 4.39 Å². The van der Waals surface area contributed by atoms with E-state index in [9.17, 15) is 24.2 Å². The molecule has 0 aliphatic carbocycles. The molecule has 3 rings (SSSR count). The maximum Gasteiger partial charge on any atom is 0.252 e. The van der Waals surface area contributed by atoms with Crippen LogP contribution in [0.3, 0.4) is 0 Å². The number of ketones is 1. The number of amides is 1. The number of nitrogens with one attached hydrogen (secondary N) is 4. The highest BCUT2D eigenvalue weighted by Gasteiger charge is 2.22. The van der Waals surface area contributed by atoms with Gasteiger partial charge in [0.2, 0.25) is 0 Å². The molecule has 0 spiro atoms. The molecule has 0 saturated heterocycles. The molecule has 0 aliphatic heterocycles. The van der Waals surface area contributed by atoms with Crippen LogP contribution in [0, 0.1) is 18.2 Å². The van der Waals surface area contributed by atoms with Crippen LogP contribution in [-0.4, -0.2) is 62.7 Å². The summed E-state index contributed by atoms with van der Waals surface area (Å²) in [4.78, 5) is 27.8. The van der Waals surface area contributed by atoms with E-state index in [-0.39, 0.29) is 62.0 Å². The van der Waals surface area contributed by atoms with Crippen molar-refractivity contribution in [3.63, 3.8) is 0 Å². The average Bonchev–Trinajstić information content (AvgIpc) is 3.58. The number of rotatable bonds is 21. The minimum absolute atomic E-state index is 0.0480. The molecule has 2 unspecified atom stereocenters. The monoisotopic (exact) mass is 700 g/mol. The number of carbonyl (C=O) groups is 2. The molecule has 0 aliphatic rings. The van der Waals surface area contributed by atoms with Crippen LogP contribution in [0.4, 0.5) is 4.39 Å². The van der Waals surface area contributed by atoms with Crippen molar-refractivity contribution >= 4 is 28.5 Å². The van der Waals surface area contributed by atoms with Gasteiger partial charge in [-0.2, -0.15) is 0 Å². The molecule has 0 saturated carbocycles. The number of ether oxygens (including phenoxy) is 1. The number of benzene rings is 2. The molecule has 272 valence electrons. The second-order valence-electron chi connectivity index (χ2n) is 12.7. The Labute approximate surface area is 299 Å². The van der Waals surface area contributed by atoms with Crippen LogP contribution in [0.1, 0.15) is 78.7 Å². The number of aliphatic hydroxyl groups is 3. The number of aromatic nitrogens is 1.